The third-order valence-electron chi connectivity index (χ3n) is 4.94. The minimum atomic E-state index is -0.494. The van der Waals surface area contributed by atoms with E-state index in [4.69, 9.17) is 4.74 Å². The molecule has 0 saturated heterocycles. The molecule has 3 rings (SSSR count). The van der Waals surface area contributed by atoms with E-state index in [1.165, 1.54) is 31.4 Å². The molecule has 0 atom stereocenters. The summed E-state index contributed by atoms with van der Waals surface area (Å²) in [6.07, 6.45) is 4.43. The van der Waals surface area contributed by atoms with Crippen molar-refractivity contribution in [1.82, 2.24) is 0 Å². The van der Waals surface area contributed by atoms with Crippen LogP contribution in [0.1, 0.15) is 35.2 Å². The second kappa shape index (κ2) is 9.14. The summed E-state index contributed by atoms with van der Waals surface area (Å²) in [4.78, 5) is 37.3. The van der Waals surface area contributed by atoms with Crippen molar-refractivity contribution in [3.63, 3.8) is 0 Å². The largest absolute Gasteiger partial charge is 0.466 e. The second-order valence-electron chi connectivity index (χ2n) is 6.75. The molecule has 0 aliphatic carbocycles. The van der Waals surface area contributed by atoms with Crippen molar-refractivity contribution in [2.75, 3.05) is 18.6 Å². The van der Waals surface area contributed by atoms with Gasteiger partial charge >= 0.3 is 5.97 Å². The van der Waals surface area contributed by atoms with Crippen molar-refractivity contribution in [2.24, 2.45) is 0 Å². The van der Waals surface area contributed by atoms with Crippen LogP contribution in [0.5, 0.6) is 0 Å². The number of aryl methyl sites for hydroxylation is 1. The fourth-order valence-corrected chi connectivity index (χ4v) is 3.45. The molecule has 1 heterocycles. The number of fused-ring (bicyclic) bond motifs is 1. The van der Waals surface area contributed by atoms with Gasteiger partial charge in [0.1, 0.15) is 0 Å². The van der Waals surface area contributed by atoms with E-state index in [1.54, 1.807) is 4.90 Å². The van der Waals surface area contributed by atoms with Gasteiger partial charge in [-0.3, -0.25) is 14.9 Å². The Balaban J connectivity index is 1.94. The molecule has 1 aliphatic heterocycles. The summed E-state index contributed by atoms with van der Waals surface area (Å²) in [5.74, 6) is -0.576. The molecule has 0 unspecified atom stereocenters. The Hall–Kier alpha value is -3.48. The number of carbonyl (C=O) groups is 2. The molecular weight excluding hydrogens is 372 g/mol. The van der Waals surface area contributed by atoms with Gasteiger partial charge in [0.15, 0.2) is 0 Å². The van der Waals surface area contributed by atoms with Crippen LogP contribution in [-0.2, 0) is 16.0 Å². The van der Waals surface area contributed by atoms with Gasteiger partial charge in [-0.1, -0.05) is 24.3 Å². The number of nitro groups is 1. The summed E-state index contributed by atoms with van der Waals surface area (Å²) in [5, 5.41) is 10.9. The zero-order valence-electron chi connectivity index (χ0n) is 16.2. The molecule has 1 aliphatic rings. The quantitative estimate of drug-likeness (QED) is 0.445. The smallest absolute Gasteiger partial charge is 0.333 e. The maximum Gasteiger partial charge on any atom is 0.333 e. The molecule has 0 radical (unpaired) electrons. The highest BCUT2D eigenvalue weighted by Crippen LogP contribution is 2.27. The van der Waals surface area contributed by atoms with Crippen molar-refractivity contribution in [3.05, 3.63) is 81.4 Å². The van der Waals surface area contributed by atoms with Crippen LogP contribution in [0.3, 0.4) is 0 Å². The number of ether oxygens (including phenoxy) is 1. The van der Waals surface area contributed by atoms with E-state index in [2.05, 4.69) is 0 Å². The molecule has 7 heteroatoms. The molecule has 150 valence electrons. The fourth-order valence-electron chi connectivity index (χ4n) is 3.45. The number of para-hydroxylation sites is 1. The summed E-state index contributed by atoms with van der Waals surface area (Å²) >= 11 is 0. The minimum Gasteiger partial charge on any atom is -0.466 e. The number of carbonyl (C=O) groups excluding carboxylic acids is 2. The number of methoxy groups -OCH3 is 1. The third-order valence-corrected chi connectivity index (χ3v) is 4.94. The number of anilines is 1. The molecule has 0 spiro atoms. The number of amides is 1. The van der Waals surface area contributed by atoms with Gasteiger partial charge in [-0.25, -0.2) is 4.79 Å². The summed E-state index contributed by atoms with van der Waals surface area (Å²) in [6, 6.07) is 13.3. The Bertz CT molecular complexity index is 950. The van der Waals surface area contributed by atoms with Gasteiger partial charge in [0, 0.05) is 35.5 Å². The second-order valence-corrected chi connectivity index (χ2v) is 6.75. The van der Waals surface area contributed by atoms with Gasteiger partial charge in [0.25, 0.3) is 11.6 Å². The van der Waals surface area contributed by atoms with E-state index >= 15 is 0 Å². The van der Waals surface area contributed by atoms with E-state index in [9.17, 15) is 19.7 Å². The predicted octanol–water partition coefficient (Wildman–Crippen LogP) is 4.07. The van der Waals surface area contributed by atoms with Crippen molar-refractivity contribution in [2.45, 2.75) is 25.7 Å². The number of nitrogens with zero attached hydrogens (tertiary/aromatic N) is 2. The van der Waals surface area contributed by atoms with Crippen molar-refractivity contribution in [3.8, 4) is 0 Å². The lowest BCUT2D eigenvalue weighted by Crippen LogP contribution is -2.33. The first kappa shape index (κ1) is 20.3. The van der Waals surface area contributed by atoms with Crippen molar-refractivity contribution < 1.29 is 19.2 Å². The maximum atomic E-state index is 13.2. The summed E-state index contributed by atoms with van der Waals surface area (Å²) < 4.78 is 4.86. The summed E-state index contributed by atoms with van der Waals surface area (Å²) in [7, 11) is 1.36. The Labute approximate surface area is 168 Å². The Kier molecular flexibility index (Phi) is 6.39. The standard InChI is InChI=1S/C22H22N2O5/c1-29-22(26)18-8-4-7-16-6-2-3-10-20(16)23(15-5-9-18)21(25)17-11-13-19(14-12-17)24(27)28/h2-3,6,9-14H,4-5,7-8,15H2,1H3/b18-9+. The molecule has 2 aromatic rings. The number of nitro benzene ring substituents is 1. The molecule has 0 saturated carbocycles. The lowest BCUT2D eigenvalue weighted by molar-refractivity contribution is -0.384. The highest BCUT2D eigenvalue weighted by atomic mass is 16.6. The van der Waals surface area contributed by atoms with Crippen LogP contribution in [0.4, 0.5) is 11.4 Å². The van der Waals surface area contributed by atoms with Crippen LogP contribution in [0.25, 0.3) is 0 Å². The molecule has 29 heavy (non-hydrogen) atoms. The highest BCUT2D eigenvalue weighted by molar-refractivity contribution is 6.06. The summed E-state index contributed by atoms with van der Waals surface area (Å²) in [6.45, 7) is 0.382. The molecule has 1 amide bonds. The van der Waals surface area contributed by atoms with Crippen LogP contribution < -0.4 is 4.90 Å². The van der Waals surface area contributed by atoms with Crippen LogP contribution in [0.2, 0.25) is 0 Å². The zero-order chi connectivity index (χ0) is 20.8. The minimum absolute atomic E-state index is 0.0615. The number of hydrogen-bond acceptors (Lipinski definition) is 5. The number of esters is 1. The number of hydrogen-bond donors (Lipinski definition) is 0. The van der Waals surface area contributed by atoms with Crippen LogP contribution in [0.15, 0.2) is 60.2 Å². The molecule has 2 aromatic carbocycles. The van der Waals surface area contributed by atoms with Crippen molar-refractivity contribution >= 4 is 23.3 Å². The van der Waals surface area contributed by atoms with Crippen LogP contribution in [0, 0.1) is 10.1 Å². The molecule has 0 fully saturated rings. The lowest BCUT2D eigenvalue weighted by Gasteiger charge is -2.26. The first-order valence-corrected chi connectivity index (χ1v) is 9.43. The van der Waals surface area contributed by atoms with Gasteiger partial charge in [-0.05, 0) is 49.4 Å². The van der Waals surface area contributed by atoms with Crippen LogP contribution in [-0.4, -0.2) is 30.5 Å². The first-order chi connectivity index (χ1) is 14.0. The number of benzene rings is 2. The number of rotatable bonds is 3. The number of non-ortho nitro benzene ring substituents is 1. The van der Waals surface area contributed by atoms with Crippen molar-refractivity contribution in [1.29, 1.82) is 0 Å². The van der Waals surface area contributed by atoms with E-state index in [-0.39, 0.29) is 17.6 Å². The van der Waals surface area contributed by atoms with Gasteiger partial charge in [0.05, 0.1) is 12.0 Å². The average Bonchev–Trinajstić information content (AvgIpc) is 2.75. The topological polar surface area (TPSA) is 89.8 Å². The van der Waals surface area contributed by atoms with E-state index in [0.29, 0.717) is 36.9 Å². The van der Waals surface area contributed by atoms with Crippen LogP contribution >= 0.6 is 0 Å². The van der Waals surface area contributed by atoms with Gasteiger partial charge in [-0.15, -0.1) is 0 Å². The van der Waals surface area contributed by atoms with Gasteiger partial charge in [-0.2, -0.15) is 0 Å². The van der Waals surface area contributed by atoms with Gasteiger partial charge in [0.2, 0.25) is 0 Å². The van der Waals surface area contributed by atoms with E-state index in [1.807, 2.05) is 30.3 Å². The first-order valence-electron chi connectivity index (χ1n) is 9.43. The maximum absolute atomic E-state index is 13.2. The normalized spacial score (nSPS) is 16.2. The Morgan fingerprint density at radius 3 is 2.48 bits per heavy atom. The highest BCUT2D eigenvalue weighted by Gasteiger charge is 2.22. The third kappa shape index (κ3) is 4.68. The molecular formula is C22H22N2O5. The van der Waals surface area contributed by atoms with Gasteiger partial charge < -0.3 is 9.64 Å². The van der Waals surface area contributed by atoms with E-state index < -0.39 is 4.92 Å². The summed E-state index contributed by atoms with van der Waals surface area (Å²) in [5.41, 5.74) is 2.78. The lowest BCUT2D eigenvalue weighted by atomic mass is 9.99. The molecule has 7 nitrogen and oxygen atoms in total. The Morgan fingerprint density at radius 2 is 1.79 bits per heavy atom. The Morgan fingerprint density at radius 1 is 1.07 bits per heavy atom. The average molecular weight is 394 g/mol. The molecule has 0 bridgehead atoms. The van der Waals surface area contributed by atoms with E-state index in [0.717, 1.165) is 17.7 Å². The predicted molar refractivity (Wildman–Crippen MR) is 109 cm³/mol. The molecule has 0 N–H and O–H groups in total. The zero-order valence-corrected chi connectivity index (χ0v) is 16.2. The monoisotopic (exact) mass is 394 g/mol. The molecule has 0 aromatic heterocycles. The SMILES string of the molecule is COC(=O)/C1=C/CCN(C(=O)c2ccc([N+](=O)[O-])cc2)c2ccccc2CCC1. The fraction of sp³-hybridized carbons (Fsp3) is 0.273.